The van der Waals surface area contributed by atoms with Crippen LogP contribution in [0.1, 0.15) is 36.8 Å². The maximum absolute atomic E-state index is 13.5. The molecule has 2 saturated carbocycles. The van der Waals surface area contributed by atoms with E-state index < -0.39 is 20.7 Å². The van der Waals surface area contributed by atoms with Gasteiger partial charge >= 0.3 is 0 Å². The van der Waals surface area contributed by atoms with E-state index in [9.17, 15) is 25.0 Å². The zero-order valence-electron chi connectivity index (χ0n) is 14.5. The van der Waals surface area contributed by atoms with Crippen LogP contribution in [0.2, 0.25) is 10.0 Å². The summed E-state index contributed by atoms with van der Waals surface area (Å²) in [5, 5.41) is 22.5. The molecule has 2 aliphatic rings. The summed E-state index contributed by atoms with van der Waals surface area (Å²) < 4.78 is 0. The molecule has 2 aromatic carbocycles. The van der Waals surface area contributed by atoms with Crippen molar-refractivity contribution in [2.75, 3.05) is 0 Å². The second-order valence-electron chi connectivity index (χ2n) is 7.34. The van der Waals surface area contributed by atoms with Crippen LogP contribution in [0.4, 0.5) is 11.4 Å². The van der Waals surface area contributed by atoms with Gasteiger partial charge in [0.25, 0.3) is 11.4 Å². The summed E-state index contributed by atoms with van der Waals surface area (Å²) >= 11 is 11.8. The zero-order valence-corrected chi connectivity index (χ0v) is 16.0. The Morgan fingerprint density at radius 1 is 0.786 bits per heavy atom. The predicted octanol–water partition coefficient (Wildman–Crippen LogP) is 5.14. The molecule has 0 heterocycles. The summed E-state index contributed by atoms with van der Waals surface area (Å²) in [6, 6.07) is 8.92. The van der Waals surface area contributed by atoms with Gasteiger partial charge in [-0.25, -0.2) is 0 Å². The van der Waals surface area contributed by atoms with Crippen LogP contribution in [-0.2, 0) is 15.6 Å². The van der Waals surface area contributed by atoms with Crippen molar-refractivity contribution in [1.29, 1.82) is 0 Å². The second-order valence-corrected chi connectivity index (χ2v) is 8.15. The van der Waals surface area contributed by atoms with Gasteiger partial charge in [0.05, 0.1) is 20.7 Å². The van der Waals surface area contributed by atoms with Crippen LogP contribution in [0.5, 0.6) is 0 Å². The molecule has 144 valence electrons. The summed E-state index contributed by atoms with van der Waals surface area (Å²) in [5.74, 6) is -0.0479. The normalized spacial score (nSPS) is 18.4. The van der Waals surface area contributed by atoms with E-state index >= 15 is 0 Å². The number of ketones is 1. The summed E-state index contributed by atoms with van der Waals surface area (Å²) in [6.07, 6.45) is 2.34. The lowest BCUT2D eigenvalue weighted by Gasteiger charge is -2.22. The highest BCUT2D eigenvalue weighted by Gasteiger charge is 2.63. The fraction of sp³-hybridized carbons (Fsp3) is 0.316. The van der Waals surface area contributed by atoms with Crippen LogP contribution in [0, 0.1) is 20.2 Å². The topological polar surface area (TPSA) is 103 Å². The van der Waals surface area contributed by atoms with Gasteiger partial charge in [-0.05, 0) is 48.9 Å². The van der Waals surface area contributed by atoms with Gasteiger partial charge in [-0.1, -0.05) is 35.3 Å². The van der Waals surface area contributed by atoms with E-state index in [0.717, 1.165) is 0 Å². The highest BCUT2D eigenvalue weighted by Crippen LogP contribution is 2.61. The molecule has 2 fully saturated rings. The monoisotopic (exact) mass is 420 g/mol. The molecule has 0 saturated heterocycles. The minimum absolute atomic E-state index is 0.0199. The molecule has 0 amide bonds. The van der Waals surface area contributed by atoms with E-state index in [1.54, 1.807) is 12.1 Å². The Morgan fingerprint density at radius 2 is 1.14 bits per heavy atom. The van der Waals surface area contributed by atoms with Crippen LogP contribution in [0.25, 0.3) is 0 Å². The van der Waals surface area contributed by atoms with Crippen LogP contribution < -0.4 is 0 Å². The molecule has 2 aromatic rings. The number of rotatable bonds is 6. The molecule has 0 aliphatic heterocycles. The number of Topliss-reactive ketones (excluding diaryl/α,β-unsaturated/α-hetero) is 1. The highest BCUT2D eigenvalue weighted by molar-refractivity contribution is 6.33. The number of benzene rings is 2. The first-order chi connectivity index (χ1) is 13.2. The van der Waals surface area contributed by atoms with Crippen LogP contribution in [-0.4, -0.2) is 15.6 Å². The number of hydrogen-bond acceptors (Lipinski definition) is 5. The first-order valence-electron chi connectivity index (χ1n) is 8.65. The van der Waals surface area contributed by atoms with E-state index in [1.807, 2.05) is 0 Å². The quantitative estimate of drug-likeness (QED) is 0.475. The third-order valence-corrected chi connectivity index (χ3v) is 6.40. The lowest BCUT2D eigenvalue weighted by Crippen LogP contribution is -2.32. The smallest absolute Gasteiger partial charge is 0.288 e. The Hall–Kier alpha value is -2.51. The number of nitrogens with zero attached hydrogens (tertiary/aromatic N) is 2. The van der Waals surface area contributed by atoms with Crippen molar-refractivity contribution < 1.29 is 14.6 Å². The van der Waals surface area contributed by atoms with Crippen molar-refractivity contribution in [1.82, 2.24) is 0 Å². The van der Waals surface area contributed by atoms with Crippen LogP contribution in [0.3, 0.4) is 0 Å². The molecule has 0 radical (unpaired) electrons. The maximum Gasteiger partial charge on any atom is 0.288 e. The van der Waals surface area contributed by atoms with Crippen molar-refractivity contribution in [3.63, 3.8) is 0 Å². The molecule has 4 rings (SSSR count). The van der Waals surface area contributed by atoms with E-state index in [-0.39, 0.29) is 27.2 Å². The zero-order chi connectivity index (χ0) is 20.3. The first kappa shape index (κ1) is 18.8. The van der Waals surface area contributed by atoms with Gasteiger partial charge in [0.2, 0.25) is 0 Å². The summed E-state index contributed by atoms with van der Waals surface area (Å²) in [6.45, 7) is 0. The molecule has 0 bridgehead atoms. The van der Waals surface area contributed by atoms with E-state index in [4.69, 9.17) is 23.2 Å². The Labute approximate surface area is 169 Å². The van der Waals surface area contributed by atoms with Crippen molar-refractivity contribution in [2.45, 2.75) is 36.5 Å². The molecule has 0 atom stereocenters. The van der Waals surface area contributed by atoms with Crippen molar-refractivity contribution in [3.8, 4) is 0 Å². The molecule has 0 spiro atoms. The average Bonchev–Trinajstić information content (AvgIpc) is 3.55. The Balaban J connectivity index is 1.74. The molecule has 0 N–H and O–H groups in total. The molecular weight excluding hydrogens is 407 g/mol. The fourth-order valence-electron chi connectivity index (χ4n) is 3.90. The Bertz CT molecular complexity index is 963. The molecule has 9 heteroatoms. The van der Waals surface area contributed by atoms with Gasteiger partial charge in [0, 0.05) is 12.1 Å². The van der Waals surface area contributed by atoms with Gasteiger partial charge in [-0.3, -0.25) is 25.0 Å². The first-order valence-corrected chi connectivity index (χ1v) is 9.41. The average molecular weight is 421 g/mol. The second kappa shape index (κ2) is 6.25. The molecular formula is C19H14Cl2N2O5. The third kappa shape index (κ3) is 2.77. The van der Waals surface area contributed by atoms with Gasteiger partial charge < -0.3 is 0 Å². The number of carbonyl (C=O) groups excluding carboxylic acids is 1. The van der Waals surface area contributed by atoms with Crippen molar-refractivity contribution in [2.24, 2.45) is 0 Å². The Morgan fingerprint density at radius 3 is 1.43 bits per heavy atom. The number of hydrogen-bond donors (Lipinski definition) is 0. The lowest BCUT2D eigenvalue weighted by atomic mass is 9.78. The number of nitro groups is 2. The fourth-order valence-corrected chi connectivity index (χ4v) is 4.28. The summed E-state index contributed by atoms with van der Waals surface area (Å²) in [7, 11) is 0. The van der Waals surface area contributed by atoms with Gasteiger partial charge in [0.15, 0.2) is 5.78 Å². The largest absolute Gasteiger partial charge is 0.298 e. The van der Waals surface area contributed by atoms with Gasteiger partial charge in [-0.2, -0.15) is 0 Å². The number of halogens is 2. The highest BCUT2D eigenvalue weighted by atomic mass is 35.5. The van der Waals surface area contributed by atoms with E-state index in [2.05, 4.69) is 0 Å². The summed E-state index contributed by atoms with van der Waals surface area (Å²) in [4.78, 5) is 34.8. The molecule has 2 aliphatic carbocycles. The van der Waals surface area contributed by atoms with Crippen molar-refractivity contribution in [3.05, 3.63) is 77.8 Å². The number of nitro benzene ring substituents is 2. The minimum Gasteiger partial charge on any atom is -0.298 e. The van der Waals surface area contributed by atoms with E-state index in [0.29, 0.717) is 36.8 Å². The third-order valence-electron chi connectivity index (χ3n) is 5.76. The standard InChI is InChI=1S/C19H14Cl2N2O5/c20-13-3-1-11(9-15(13)22(25)26)18(5-6-18)17(24)19(7-8-19)12-2-4-14(21)16(10-12)23(27)28/h1-4,9-10H,5-8H2. The van der Waals surface area contributed by atoms with Crippen molar-refractivity contribution >= 4 is 40.4 Å². The Kier molecular flexibility index (Phi) is 4.21. The van der Waals surface area contributed by atoms with E-state index in [1.165, 1.54) is 24.3 Å². The van der Waals surface area contributed by atoms with Gasteiger partial charge in [-0.15, -0.1) is 0 Å². The molecule has 7 nitrogen and oxygen atoms in total. The molecule has 28 heavy (non-hydrogen) atoms. The SMILES string of the molecule is O=C(C1(c2ccc(Cl)c([N+](=O)[O-])c2)CC1)C1(c2ccc(Cl)c([N+](=O)[O-])c2)CC1. The molecule has 0 aromatic heterocycles. The predicted molar refractivity (Wildman–Crippen MR) is 103 cm³/mol. The maximum atomic E-state index is 13.5. The lowest BCUT2D eigenvalue weighted by molar-refractivity contribution is -0.384. The summed E-state index contributed by atoms with van der Waals surface area (Å²) in [5.41, 5.74) is -0.928. The van der Waals surface area contributed by atoms with Crippen LogP contribution in [0.15, 0.2) is 36.4 Å². The number of carbonyl (C=O) groups is 1. The minimum atomic E-state index is -0.805. The molecule has 0 unspecified atom stereocenters. The van der Waals surface area contributed by atoms with Crippen LogP contribution >= 0.6 is 23.2 Å². The van der Waals surface area contributed by atoms with Gasteiger partial charge in [0.1, 0.15) is 10.0 Å².